The van der Waals surface area contributed by atoms with E-state index in [9.17, 15) is 0 Å². The van der Waals surface area contributed by atoms with Crippen molar-refractivity contribution >= 4 is 8.60 Å². The van der Waals surface area contributed by atoms with Crippen molar-refractivity contribution in [1.29, 1.82) is 0 Å². The molecule has 0 amide bonds. The minimum absolute atomic E-state index is 0.0634. The first-order chi connectivity index (χ1) is 10.5. The highest BCUT2D eigenvalue weighted by Gasteiger charge is 2.18. The van der Waals surface area contributed by atoms with Gasteiger partial charge in [-0.25, -0.2) is 0 Å². The average Bonchev–Trinajstić information content (AvgIpc) is 2.47. The molecule has 2 rings (SSSR count). The Hall–Kier alpha value is -1.41. The van der Waals surface area contributed by atoms with Crippen LogP contribution in [0.1, 0.15) is 27.7 Å². The van der Waals surface area contributed by atoms with E-state index in [4.69, 9.17) is 13.6 Å². The second-order valence-corrected chi connectivity index (χ2v) is 6.57. The number of rotatable bonds is 7. The zero-order chi connectivity index (χ0) is 15.9. The molecular formula is C18H23O3P. The summed E-state index contributed by atoms with van der Waals surface area (Å²) >= 11 is 0. The highest BCUT2D eigenvalue weighted by Crippen LogP contribution is 2.43. The Bertz CT molecular complexity index is 542. The molecule has 22 heavy (non-hydrogen) atoms. The van der Waals surface area contributed by atoms with Crippen LogP contribution in [-0.2, 0) is 9.05 Å². The van der Waals surface area contributed by atoms with Crippen molar-refractivity contribution in [3.05, 3.63) is 54.6 Å². The van der Waals surface area contributed by atoms with Gasteiger partial charge < -0.3 is 4.52 Å². The van der Waals surface area contributed by atoms with Crippen LogP contribution < -0.4 is 4.52 Å². The Kier molecular flexibility index (Phi) is 6.38. The summed E-state index contributed by atoms with van der Waals surface area (Å²) in [6.07, 6.45) is 0.127. The van der Waals surface area contributed by atoms with Gasteiger partial charge in [-0.15, -0.1) is 0 Å². The minimum Gasteiger partial charge on any atom is -0.427 e. The maximum atomic E-state index is 5.85. The van der Waals surface area contributed by atoms with Gasteiger partial charge in [0, 0.05) is 0 Å². The Labute approximate surface area is 134 Å². The van der Waals surface area contributed by atoms with Crippen LogP contribution in [0.4, 0.5) is 0 Å². The van der Waals surface area contributed by atoms with Crippen molar-refractivity contribution in [2.75, 3.05) is 0 Å². The Morgan fingerprint density at radius 1 is 0.682 bits per heavy atom. The average molecular weight is 318 g/mol. The van der Waals surface area contributed by atoms with Crippen molar-refractivity contribution in [3.63, 3.8) is 0 Å². The highest BCUT2D eigenvalue weighted by atomic mass is 31.2. The summed E-state index contributed by atoms with van der Waals surface area (Å²) in [5, 5.41) is 0. The molecule has 0 atom stereocenters. The second kappa shape index (κ2) is 8.28. The van der Waals surface area contributed by atoms with E-state index in [2.05, 4.69) is 12.1 Å². The van der Waals surface area contributed by atoms with Crippen LogP contribution in [0.5, 0.6) is 5.75 Å². The molecule has 0 aromatic heterocycles. The molecule has 0 aliphatic carbocycles. The third-order valence-electron chi connectivity index (χ3n) is 2.74. The van der Waals surface area contributed by atoms with Gasteiger partial charge in [-0.3, -0.25) is 9.05 Å². The van der Waals surface area contributed by atoms with Gasteiger partial charge in [-0.2, -0.15) is 0 Å². The van der Waals surface area contributed by atoms with Crippen LogP contribution in [0.25, 0.3) is 11.1 Å². The lowest BCUT2D eigenvalue weighted by atomic mass is 10.1. The summed E-state index contributed by atoms with van der Waals surface area (Å²) in [5.41, 5.74) is 2.35. The molecule has 118 valence electrons. The molecule has 4 heteroatoms. The van der Waals surface area contributed by atoms with E-state index in [1.807, 2.05) is 70.2 Å². The van der Waals surface area contributed by atoms with E-state index in [0.717, 1.165) is 11.3 Å². The van der Waals surface area contributed by atoms with Crippen molar-refractivity contribution < 1.29 is 13.6 Å². The first kappa shape index (κ1) is 17.0. The molecule has 0 radical (unpaired) electrons. The second-order valence-electron chi connectivity index (χ2n) is 5.51. The highest BCUT2D eigenvalue weighted by molar-refractivity contribution is 7.42. The lowest BCUT2D eigenvalue weighted by Crippen LogP contribution is -2.07. The van der Waals surface area contributed by atoms with Gasteiger partial charge in [0.15, 0.2) is 0 Å². The van der Waals surface area contributed by atoms with E-state index in [-0.39, 0.29) is 12.2 Å². The molecule has 0 fully saturated rings. The minimum atomic E-state index is -1.38. The molecule has 0 bridgehead atoms. The molecule has 0 aliphatic rings. The standard InChI is InChI=1S/C18H23O3P/c1-14(2)19-22(20-15(3)4)21-18-12-10-17(11-13-18)16-8-6-5-7-9-16/h5-15H,1-4H3. The zero-order valence-corrected chi connectivity index (χ0v) is 14.4. The Balaban J connectivity index is 2.05. The summed E-state index contributed by atoms with van der Waals surface area (Å²) in [7, 11) is -1.38. The summed E-state index contributed by atoms with van der Waals surface area (Å²) in [4.78, 5) is 0. The van der Waals surface area contributed by atoms with E-state index in [1.54, 1.807) is 0 Å². The van der Waals surface area contributed by atoms with Crippen LogP contribution in [0.15, 0.2) is 54.6 Å². The predicted molar refractivity (Wildman–Crippen MR) is 91.9 cm³/mol. The molecule has 0 heterocycles. The van der Waals surface area contributed by atoms with Crippen molar-refractivity contribution in [2.45, 2.75) is 39.9 Å². The molecule has 3 nitrogen and oxygen atoms in total. The van der Waals surface area contributed by atoms with E-state index < -0.39 is 8.60 Å². The van der Waals surface area contributed by atoms with Crippen LogP contribution in [0, 0.1) is 0 Å². The molecule has 2 aromatic carbocycles. The maximum absolute atomic E-state index is 5.85. The molecule has 2 aromatic rings. The van der Waals surface area contributed by atoms with Gasteiger partial charge in [0.2, 0.25) is 0 Å². The topological polar surface area (TPSA) is 27.7 Å². The molecule has 0 unspecified atom stereocenters. The quantitative estimate of drug-likeness (QED) is 0.603. The van der Waals surface area contributed by atoms with Crippen LogP contribution in [0.2, 0.25) is 0 Å². The summed E-state index contributed by atoms with van der Waals surface area (Å²) in [5.74, 6) is 0.757. The predicted octanol–water partition coefficient (Wildman–Crippen LogP) is 5.81. The monoisotopic (exact) mass is 318 g/mol. The molecular weight excluding hydrogens is 295 g/mol. The van der Waals surface area contributed by atoms with Crippen LogP contribution in [-0.4, -0.2) is 12.2 Å². The number of benzene rings is 2. The SMILES string of the molecule is CC(C)OP(Oc1ccc(-c2ccccc2)cc1)OC(C)C. The summed E-state index contributed by atoms with van der Waals surface area (Å²) in [6.45, 7) is 7.89. The smallest absolute Gasteiger partial charge is 0.397 e. The van der Waals surface area contributed by atoms with E-state index >= 15 is 0 Å². The summed E-state index contributed by atoms with van der Waals surface area (Å²) in [6, 6.07) is 18.2. The van der Waals surface area contributed by atoms with Gasteiger partial charge in [0.25, 0.3) is 0 Å². The van der Waals surface area contributed by atoms with Crippen LogP contribution >= 0.6 is 8.60 Å². The van der Waals surface area contributed by atoms with Crippen molar-refractivity contribution in [2.24, 2.45) is 0 Å². The first-order valence-corrected chi connectivity index (χ1v) is 8.61. The maximum Gasteiger partial charge on any atom is 0.397 e. The molecule has 0 N–H and O–H groups in total. The fraction of sp³-hybridized carbons (Fsp3) is 0.333. The Morgan fingerprint density at radius 2 is 1.18 bits per heavy atom. The van der Waals surface area contributed by atoms with Crippen molar-refractivity contribution in [1.82, 2.24) is 0 Å². The van der Waals surface area contributed by atoms with Crippen molar-refractivity contribution in [3.8, 4) is 16.9 Å². The van der Waals surface area contributed by atoms with Gasteiger partial charge >= 0.3 is 8.60 Å². The zero-order valence-electron chi connectivity index (χ0n) is 13.5. The number of hydrogen-bond donors (Lipinski definition) is 0. The Morgan fingerprint density at radius 3 is 1.68 bits per heavy atom. The van der Waals surface area contributed by atoms with Gasteiger partial charge in [0.05, 0.1) is 12.2 Å². The largest absolute Gasteiger partial charge is 0.427 e. The normalized spacial score (nSPS) is 11.4. The number of hydrogen-bond acceptors (Lipinski definition) is 3. The molecule has 0 saturated carbocycles. The lowest BCUT2D eigenvalue weighted by molar-refractivity contribution is 0.143. The van der Waals surface area contributed by atoms with Crippen LogP contribution in [0.3, 0.4) is 0 Å². The fourth-order valence-corrected chi connectivity index (χ4v) is 2.96. The van der Waals surface area contributed by atoms with Gasteiger partial charge in [-0.05, 0) is 51.0 Å². The van der Waals surface area contributed by atoms with Gasteiger partial charge in [-0.1, -0.05) is 42.5 Å². The lowest BCUT2D eigenvalue weighted by Gasteiger charge is -2.21. The van der Waals surface area contributed by atoms with E-state index in [1.165, 1.54) is 5.56 Å². The van der Waals surface area contributed by atoms with Gasteiger partial charge in [0.1, 0.15) is 5.75 Å². The molecule has 0 spiro atoms. The molecule has 0 aliphatic heterocycles. The third kappa shape index (κ3) is 5.42. The summed E-state index contributed by atoms with van der Waals surface area (Å²) < 4.78 is 17.2. The first-order valence-electron chi connectivity index (χ1n) is 7.51. The fourth-order valence-electron chi connectivity index (χ4n) is 1.84. The molecule has 0 saturated heterocycles. The van der Waals surface area contributed by atoms with E-state index in [0.29, 0.717) is 0 Å². The third-order valence-corrected chi connectivity index (χ3v) is 4.28.